The molecular weight excluding hydrogens is 174 g/mol. The van der Waals surface area contributed by atoms with E-state index < -0.39 is 0 Å². The summed E-state index contributed by atoms with van der Waals surface area (Å²) >= 11 is 0. The summed E-state index contributed by atoms with van der Waals surface area (Å²) in [4.78, 5) is 5.20. The Kier molecular flexibility index (Phi) is 1.77. The second kappa shape index (κ2) is 2.71. The number of hydrogen-bond acceptors (Lipinski definition) is 3. The van der Waals surface area contributed by atoms with Gasteiger partial charge in [-0.3, -0.25) is 9.80 Å². The van der Waals surface area contributed by atoms with Crippen LogP contribution in [0.3, 0.4) is 0 Å². The van der Waals surface area contributed by atoms with Gasteiger partial charge >= 0.3 is 0 Å². The van der Waals surface area contributed by atoms with Crippen molar-refractivity contribution in [2.24, 2.45) is 23.0 Å². The Morgan fingerprint density at radius 1 is 1.21 bits per heavy atom. The predicted molar refractivity (Wildman–Crippen MR) is 56.7 cm³/mol. The highest BCUT2D eigenvalue weighted by atomic mass is 15.4. The molecule has 80 valence electrons. The lowest BCUT2D eigenvalue weighted by molar-refractivity contribution is -0.151. The van der Waals surface area contributed by atoms with E-state index in [4.69, 9.17) is 5.73 Å². The van der Waals surface area contributed by atoms with Gasteiger partial charge < -0.3 is 5.73 Å². The van der Waals surface area contributed by atoms with Crippen molar-refractivity contribution in [1.82, 2.24) is 9.80 Å². The van der Waals surface area contributed by atoms with Crippen molar-refractivity contribution in [1.29, 1.82) is 0 Å². The first kappa shape index (κ1) is 9.13. The molecule has 0 radical (unpaired) electrons. The number of rotatable bonds is 1. The van der Waals surface area contributed by atoms with Crippen molar-refractivity contribution in [3.63, 3.8) is 0 Å². The molecule has 3 unspecified atom stereocenters. The Morgan fingerprint density at radius 3 is 2.29 bits per heavy atom. The molecular formula is C11H21N3. The van der Waals surface area contributed by atoms with Crippen LogP contribution in [0.25, 0.3) is 0 Å². The third kappa shape index (κ3) is 0.980. The predicted octanol–water partition coefficient (Wildman–Crippen LogP) is 0.175. The standard InChI is InChI=1S/C11H21N3/c1-8(2)11-5-13-3-9(10(11)12)4-14(6-11)7-13/h8-10H,3-7,12H2,1-2H3. The maximum absolute atomic E-state index is 6.45. The molecule has 4 heterocycles. The molecule has 0 aromatic heterocycles. The average molecular weight is 195 g/mol. The van der Waals surface area contributed by atoms with E-state index >= 15 is 0 Å². The molecule has 0 aromatic carbocycles. The summed E-state index contributed by atoms with van der Waals surface area (Å²) in [6, 6.07) is 0.440. The fraction of sp³-hybridized carbons (Fsp3) is 1.00. The normalized spacial score (nSPS) is 55.7. The van der Waals surface area contributed by atoms with Gasteiger partial charge in [0, 0.05) is 43.6 Å². The van der Waals surface area contributed by atoms with Crippen LogP contribution in [0.1, 0.15) is 13.8 Å². The highest BCUT2D eigenvalue weighted by Gasteiger charge is 2.55. The van der Waals surface area contributed by atoms with Crippen LogP contribution in [0.5, 0.6) is 0 Å². The Hall–Kier alpha value is -0.120. The van der Waals surface area contributed by atoms with Crippen molar-refractivity contribution >= 4 is 0 Å². The van der Waals surface area contributed by atoms with Gasteiger partial charge in [0.1, 0.15) is 0 Å². The fourth-order valence-electron chi connectivity index (χ4n) is 3.89. The Bertz CT molecular complexity index is 237. The van der Waals surface area contributed by atoms with Gasteiger partial charge in [-0.15, -0.1) is 0 Å². The summed E-state index contributed by atoms with van der Waals surface area (Å²) in [6.07, 6.45) is 0. The van der Waals surface area contributed by atoms with E-state index in [1.54, 1.807) is 0 Å². The van der Waals surface area contributed by atoms with Crippen molar-refractivity contribution in [3.8, 4) is 0 Å². The van der Waals surface area contributed by atoms with Gasteiger partial charge in [-0.1, -0.05) is 13.8 Å². The molecule has 4 aliphatic heterocycles. The lowest BCUT2D eigenvalue weighted by Gasteiger charge is -2.64. The minimum Gasteiger partial charge on any atom is -0.327 e. The molecule has 0 amide bonds. The van der Waals surface area contributed by atoms with E-state index in [-0.39, 0.29) is 0 Å². The molecule has 3 nitrogen and oxygen atoms in total. The number of piperidine rings is 2. The van der Waals surface area contributed by atoms with E-state index in [1.165, 1.54) is 32.8 Å². The van der Waals surface area contributed by atoms with E-state index in [2.05, 4.69) is 23.6 Å². The Morgan fingerprint density at radius 2 is 1.79 bits per heavy atom. The molecule has 4 saturated heterocycles. The van der Waals surface area contributed by atoms with Gasteiger partial charge in [-0.25, -0.2) is 0 Å². The highest BCUT2D eigenvalue weighted by molar-refractivity contribution is 5.09. The molecule has 0 saturated carbocycles. The third-order valence-electron chi connectivity index (χ3n) is 4.74. The monoisotopic (exact) mass is 195 g/mol. The van der Waals surface area contributed by atoms with E-state index in [9.17, 15) is 0 Å². The number of hydrogen-bond donors (Lipinski definition) is 1. The van der Waals surface area contributed by atoms with Crippen LogP contribution in [0.4, 0.5) is 0 Å². The van der Waals surface area contributed by atoms with E-state index in [0.29, 0.717) is 17.4 Å². The lowest BCUT2D eigenvalue weighted by atomic mass is 9.61. The topological polar surface area (TPSA) is 32.5 Å². The molecule has 14 heavy (non-hydrogen) atoms. The van der Waals surface area contributed by atoms with Crippen LogP contribution < -0.4 is 5.73 Å². The zero-order chi connectivity index (χ0) is 9.92. The van der Waals surface area contributed by atoms with Crippen molar-refractivity contribution < 1.29 is 0 Å². The SMILES string of the molecule is CC(C)C12CN3CC(CN(C3)C1)C2N. The average Bonchev–Trinajstić information content (AvgIpc) is 2.12. The van der Waals surface area contributed by atoms with Crippen molar-refractivity contribution in [2.45, 2.75) is 19.9 Å². The summed E-state index contributed by atoms with van der Waals surface area (Å²) in [5.74, 6) is 1.44. The summed E-state index contributed by atoms with van der Waals surface area (Å²) in [6.45, 7) is 10.8. The van der Waals surface area contributed by atoms with Crippen LogP contribution in [0.15, 0.2) is 0 Å². The maximum atomic E-state index is 6.45. The van der Waals surface area contributed by atoms with Gasteiger partial charge in [-0.05, 0) is 5.92 Å². The molecule has 2 N–H and O–H groups in total. The smallest absolute Gasteiger partial charge is 0.0506 e. The van der Waals surface area contributed by atoms with Crippen LogP contribution in [-0.2, 0) is 0 Å². The molecule has 4 rings (SSSR count). The zero-order valence-electron chi connectivity index (χ0n) is 9.24. The minimum atomic E-state index is 0.388. The summed E-state index contributed by atoms with van der Waals surface area (Å²) in [5.41, 5.74) is 6.84. The first-order chi connectivity index (χ1) is 6.62. The van der Waals surface area contributed by atoms with Crippen LogP contribution in [-0.4, -0.2) is 48.7 Å². The van der Waals surface area contributed by atoms with Gasteiger partial charge in [0.05, 0.1) is 6.67 Å². The second-order valence-electron chi connectivity index (χ2n) is 5.84. The van der Waals surface area contributed by atoms with E-state index in [0.717, 1.165) is 5.92 Å². The molecule has 3 atom stereocenters. The first-order valence-electron chi connectivity index (χ1n) is 5.82. The Labute approximate surface area is 86.2 Å². The molecule has 4 fully saturated rings. The van der Waals surface area contributed by atoms with Crippen LogP contribution in [0, 0.1) is 17.3 Å². The molecule has 4 bridgehead atoms. The molecule has 0 aromatic rings. The second-order valence-corrected chi connectivity index (χ2v) is 5.84. The molecule has 0 spiro atoms. The molecule has 3 heteroatoms. The minimum absolute atomic E-state index is 0.388. The molecule has 0 aliphatic carbocycles. The van der Waals surface area contributed by atoms with Crippen LogP contribution in [0.2, 0.25) is 0 Å². The van der Waals surface area contributed by atoms with Crippen molar-refractivity contribution in [2.75, 3.05) is 32.8 Å². The van der Waals surface area contributed by atoms with Gasteiger partial charge in [0.15, 0.2) is 0 Å². The highest BCUT2D eigenvalue weighted by Crippen LogP contribution is 2.45. The summed E-state index contributed by atoms with van der Waals surface area (Å²) in [5, 5.41) is 0. The van der Waals surface area contributed by atoms with Crippen LogP contribution >= 0.6 is 0 Å². The number of nitrogens with two attached hydrogens (primary N) is 1. The number of nitrogens with zero attached hydrogens (tertiary/aromatic N) is 2. The summed E-state index contributed by atoms with van der Waals surface area (Å²) < 4.78 is 0. The zero-order valence-corrected chi connectivity index (χ0v) is 9.24. The Balaban J connectivity index is 1.97. The lowest BCUT2D eigenvalue weighted by Crippen LogP contribution is -2.76. The first-order valence-corrected chi connectivity index (χ1v) is 5.82. The molecule has 4 aliphatic rings. The van der Waals surface area contributed by atoms with Gasteiger partial charge in [-0.2, -0.15) is 0 Å². The fourth-order valence-corrected chi connectivity index (χ4v) is 3.89. The van der Waals surface area contributed by atoms with E-state index in [1.807, 2.05) is 0 Å². The maximum Gasteiger partial charge on any atom is 0.0506 e. The van der Waals surface area contributed by atoms with Crippen molar-refractivity contribution in [3.05, 3.63) is 0 Å². The quantitative estimate of drug-likeness (QED) is 0.647. The largest absolute Gasteiger partial charge is 0.327 e. The van der Waals surface area contributed by atoms with Gasteiger partial charge in [0.2, 0.25) is 0 Å². The third-order valence-corrected chi connectivity index (χ3v) is 4.74. The summed E-state index contributed by atoms with van der Waals surface area (Å²) in [7, 11) is 0. The van der Waals surface area contributed by atoms with Gasteiger partial charge in [0.25, 0.3) is 0 Å².